The summed E-state index contributed by atoms with van der Waals surface area (Å²) in [5.74, 6) is 0.768. The summed E-state index contributed by atoms with van der Waals surface area (Å²) >= 11 is 0. The van der Waals surface area contributed by atoms with Gasteiger partial charge in [0.25, 0.3) is 0 Å². The highest BCUT2D eigenvalue weighted by atomic mass is 16.6. The molecule has 0 radical (unpaired) electrons. The monoisotopic (exact) mass is 357 g/mol. The zero-order chi connectivity index (χ0) is 18.9. The number of nitrogens with two attached hydrogens (primary N) is 1. The summed E-state index contributed by atoms with van der Waals surface area (Å²) in [6.45, 7) is 5.30. The van der Waals surface area contributed by atoms with Crippen molar-refractivity contribution >= 4 is 35.3 Å². The molecule has 3 rings (SSSR count). The number of nitrogen functional groups attached to an aromatic ring is 1. The second kappa shape index (κ2) is 6.48. The lowest BCUT2D eigenvalue weighted by atomic mass is 9.99. The second-order valence-corrected chi connectivity index (χ2v) is 6.56. The molecule has 0 saturated carbocycles. The number of carbonyl (C=O) groups excluding carboxylic acids is 2. The van der Waals surface area contributed by atoms with Gasteiger partial charge in [-0.05, 0) is 38.5 Å². The summed E-state index contributed by atoms with van der Waals surface area (Å²) < 4.78 is 6.36. The number of nitrogens with one attached hydrogen (secondary N) is 3. The first-order valence-electron chi connectivity index (χ1n) is 7.80. The molecule has 0 fully saturated rings. The molecule has 0 amide bonds. The number of hydrazine groups is 2. The molecule has 0 saturated heterocycles. The van der Waals surface area contributed by atoms with E-state index < -0.39 is 11.7 Å². The zero-order valence-corrected chi connectivity index (χ0v) is 14.5. The van der Waals surface area contributed by atoms with Gasteiger partial charge in [-0.25, -0.2) is 9.78 Å². The van der Waals surface area contributed by atoms with Gasteiger partial charge in [0.2, 0.25) is 0 Å². The highest BCUT2D eigenvalue weighted by Crippen LogP contribution is 2.36. The van der Waals surface area contributed by atoms with Crippen LogP contribution in [0.15, 0.2) is 24.5 Å². The van der Waals surface area contributed by atoms with Crippen LogP contribution in [0.5, 0.6) is 0 Å². The van der Waals surface area contributed by atoms with Crippen LogP contribution in [-0.2, 0) is 9.53 Å². The molecular weight excluding hydrogens is 338 g/mol. The molecule has 10 nitrogen and oxygen atoms in total. The van der Waals surface area contributed by atoms with Crippen molar-refractivity contribution in [3.63, 3.8) is 0 Å². The fourth-order valence-electron chi connectivity index (χ4n) is 2.43. The number of allylic oxidation sites excluding steroid dienone is 1. The molecule has 3 heterocycles. The third kappa shape index (κ3) is 3.49. The maximum Gasteiger partial charge on any atom is 0.435 e. The van der Waals surface area contributed by atoms with Gasteiger partial charge in [-0.3, -0.25) is 15.6 Å². The number of fused-ring (bicyclic) bond motifs is 1. The van der Waals surface area contributed by atoms with E-state index in [1.165, 1.54) is 18.5 Å². The van der Waals surface area contributed by atoms with E-state index in [2.05, 4.69) is 26.5 Å². The second-order valence-electron chi connectivity index (χ2n) is 6.56. The predicted molar refractivity (Wildman–Crippen MR) is 96.0 cm³/mol. The minimum atomic E-state index is -0.647. The lowest BCUT2D eigenvalue weighted by Gasteiger charge is -2.18. The average molecular weight is 357 g/mol. The third-order valence-corrected chi connectivity index (χ3v) is 3.41. The van der Waals surface area contributed by atoms with E-state index >= 15 is 0 Å². The van der Waals surface area contributed by atoms with Crippen molar-refractivity contribution in [3.05, 3.63) is 35.7 Å². The Balaban J connectivity index is 2.00. The quantitative estimate of drug-likeness (QED) is 0.476. The van der Waals surface area contributed by atoms with Crippen LogP contribution in [0.3, 0.4) is 0 Å². The first kappa shape index (κ1) is 17.4. The van der Waals surface area contributed by atoms with Crippen molar-refractivity contribution in [1.82, 2.24) is 20.3 Å². The van der Waals surface area contributed by atoms with E-state index in [0.717, 1.165) is 4.68 Å². The SMILES string of the molecule is CC(C)(C)OC(=O)n1cc(/C(=C\C=O)c2cc(N)nc3c2NNN3)cn1. The van der Waals surface area contributed by atoms with Gasteiger partial charge in [0.15, 0.2) is 5.82 Å². The molecule has 0 spiro atoms. The maximum absolute atomic E-state index is 12.2. The van der Waals surface area contributed by atoms with Crippen LogP contribution in [0, 0.1) is 0 Å². The summed E-state index contributed by atoms with van der Waals surface area (Å²) in [5.41, 5.74) is 16.0. The van der Waals surface area contributed by atoms with E-state index in [1.54, 1.807) is 26.8 Å². The standard InChI is InChI=1S/C16H19N7O3/c1-16(2,3)26-15(25)23-8-9(7-18-23)10(4-5-24)11-6-12(17)19-14-13(11)20-22-21-14/h4-8,20,22H,1-3H3,(H3,17,19,21)/b10-4+. The molecule has 1 aliphatic rings. The Kier molecular flexibility index (Phi) is 4.34. The van der Waals surface area contributed by atoms with Gasteiger partial charge in [0, 0.05) is 17.3 Å². The van der Waals surface area contributed by atoms with Gasteiger partial charge in [-0.15, -0.1) is 5.53 Å². The minimum Gasteiger partial charge on any atom is -0.442 e. The minimum absolute atomic E-state index is 0.271. The number of nitrogens with zero attached hydrogens (tertiary/aromatic N) is 3. The van der Waals surface area contributed by atoms with E-state index in [-0.39, 0.29) is 5.82 Å². The maximum atomic E-state index is 12.2. The van der Waals surface area contributed by atoms with Crippen LogP contribution < -0.4 is 22.1 Å². The molecule has 0 unspecified atom stereocenters. The zero-order valence-electron chi connectivity index (χ0n) is 14.5. The predicted octanol–water partition coefficient (Wildman–Crippen LogP) is 1.53. The number of pyridine rings is 1. The van der Waals surface area contributed by atoms with Crippen LogP contribution in [0.4, 0.5) is 22.1 Å². The largest absolute Gasteiger partial charge is 0.442 e. The topological polar surface area (TPSA) is 136 Å². The lowest BCUT2D eigenvalue weighted by Crippen LogP contribution is -2.27. The normalized spacial score (nSPS) is 13.6. The first-order chi connectivity index (χ1) is 12.3. The number of aromatic nitrogens is 3. The Morgan fingerprint density at radius 2 is 2.12 bits per heavy atom. The smallest absolute Gasteiger partial charge is 0.435 e. The Hall–Kier alpha value is -3.40. The Labute approximate surface area is 149 Å². The van der Waals surface area contributed by atoms with Gasteiger partial charge >= 0.3 is 6.09 Å². The van der Waals surface area contributed by atoms with Crippen LogP contribution in [0.2, 0.25) is 0 Å². The molecule has 2 aromatic heterocycles. The first-order valence-corrected chi connectivity index (χ1v) is 7.80. The van der Waals surface area contributed by atoms with Crippen LogP contribution in [0.25, 0.3) is 5.57 Å². The number of hydrogen-bond acceptors (Lipinski definition) is 9. The number of anilines is 3. The molecule has 0 atom stereocenters. The van der Waals surface area contributed by atoms with Gasteiger partial charge in [-0.2, -0.15) is 9.78 Å². The third-order valence-electron chi connectivity index (χ3n) is 3.41. The summed E-state index contributed by atoms with van der Waals surface area (Å²) in [5, 5.41) is 4.03. The molecule has 26 heavy (non-hydrogen) atoms. The number of carbonyl (C=O) groups is 2. The molecule has 136 valence electrons. The fourth-order valence-corrected chi connectivity index (χ4v) is 2.43. The fraction of sp³-hybridized carbons (Fsp3) is 0.250. The van der Waals surface area contributed by atoms with Gasteiger partial charge in [0.05, 0.1) is 6.20 Å². The van der Waals surface area contributed by atoms with E-state index in [0.29, 0.717) is 34.5 Å². The molecule has 0 aliphatic carbocycles. The van der Waals surface area contributed by atoms with Gasteiger partial charge in [-0.1, -0.05) is 0 Å². The number of ether oxygens (including phenoxy) is 1. The van der Waals surface area contributed by atoms with Crippen molar-refractivity contribution in [3.8, 4) is 0 Å². The molecular formula is C16H19N7O3. The average Bonchev–Trinajstić information content (AvgIpc) is 3.19. The Morgan fingerprint density at radius 3 is 2.81 bits per heavy atom. The van der Waals surface area contributed by atoms with Gasteiger partial charge < -0.3 is 10.5 Å². The molecule has 0 bridgehead atoms. The van der Waals surface area contributed by atoms with E-state index in [1.807, 2.05) is 0 Å². The van der Waals surface area contributed by atoms with Crippen molar-refractivity contribution in [2.24, 2.45) is 0 Å². The summed E-state index contributed by atoms with van der Waals surface area (Å²) in [6.07, 6.45) is 4.36. The lowest BCUT2D eigenvalue weighted by molar-refractivity contribution is -0.104. The highest BCUT2D eigenvalue weighted by molar-refractivity contribution is 5.96. The molecule has 0 aromatic carbocycles. The summed E-state index contributed by atoms with van der Waals surface area (Å²) in [7, 11) is 0. The van der Waals surface area contributed by atoms with Crippen molar-refractivity contribution < 1.29 is 14.3 Å². The number of aldehydes is 1. The van der Waals surface area contributed by atoms with E-state index in [9.17, 15) is 9.59 Å². The number of rotatable bonds is 3. The van der Waals surface area contributed by atoms with Crippen molar-refractivity contribution in [2.45, 2.75) is 26.4 Å². The molecule has 1 aliphatic heterocycles. The van der Waals surface area contributed by atoms with Gasteiger partial charge in [0.1, 0.15) is 23.4 Å². The molecule has 5 N–H and O–H groups in total. The Morgan fingerprint density at radius 1 is 1.35 bits per heavy atom. The Bertz CT molecular complexity index is 896. The van der Waals surface area contributed by atoms with Crippen LogP contribution >= 0.6 is 0 Å². The van der Waals surface area contributed by atoms with Crippen LogP contribution in [-0.4, -0.2) is 32.7 Å². The van der Waals surface area contributed by atoms with Crippen molar-refractivity contribution in [2.75, 3.05) is 16.6 Å². The van der Waals surface area contributed by atoms with Crippen LogP contribution in [0.1, 0.15) is 31.9 Å². The van der Waals surface area contributed by atoms with Crippen molar-refractivity contribution in [1.29, 1.82) is 0 Å². The summed E-state index contributed by atoms with van der Waals surface area (Å²) in [6, 6.07) is 1.63. The summed E-state index contributed by atoms with van der Waals surface area (Å²) in [4.78, 5) is 27.5. The molecule has 10 heteroatoms. The van der Waals surface area contributed by atoms with E-state index in [4.69, 9.17) is 10.5 Å². The highest BCUT2D eigenvalue weighted by Gasteiger charge is 2.22. The number of hydrogen-bond donors (Lipinski definition) is 4. The molecule has 2 aromatic rings.